The molecule has 0 spiro atoms. The third-order valence-corrected chi connectivity index (χ3v) is 5.36. The van der Waals surface area contributed by atoms with E-state index in [1.165, 1.54) is 37.1 Å². The van der Waals surface area contributed by atoms with Crippen LogP contribution in [0, 0.1) is 11.7 Å². The van der Waals surface area contributed by atoms with Crippen molar-refractivity contribution in [3.63, 3.8) is 0 Å². The van der Waals surface area contributed by atoms with E-state index in [9.17, 15) is 23.6 Å². The van der Waals surface area contributed by atoms with E-state index in [0.717, 1.165) is 10.1 Å². The van der Waals surface area contributed by atoms with Gasteiger partial charge < -0.3 is 15.6 Å². The van der Waals surface area contributed by atoms with Crippen molar-refractivity contribution >= 4 is 23.0 Å². The van der Waals surface area contributed by atoms with Gasteiger partial charge in [0.15, 0.2) is 11.2 Å². The molecule has 0 aliphatic carbocycles. The fraction of sp³-hybridized carbons (Fsp3) is 0.381. The van der Waals surface area contributed by atoms with Gasteiger partial charge in [-0.25, -0.2) is 14.2 Å². The molecule has 0 bridgehead atoms. The Bertz CT molecular complexity index is 1260. The molecule has 3 N–H and O–H groups in total. The number of carbonyl (C=O) groups excluding carboxylic acids is 2. The maximum atomic E-state index is 13.0. The number of primary amides is 1. The summed E-state index contributed by atoms with van der Waals surface area (Å²) in [5, 5.41) is 2.70. The normalized spacial score (nSPS) is 12.1. The number of fused-ring (bicyclic) bond motifs is 1. The molecule has 1 unspecified atom stereocenters. The van der Waals surface area contributed by atoms with Gasteiger partial charge >= 0.3 is 5.69 Å². The van der Waals surface area contributed by atoms with Gasteiger partial charge in [0.25, 0.3) is 5.56 Å². The zero-order valence-electron chi connectivity index (χ0n) is 17.9. The van der Waals surface area contributed by atoms with E-state index in [0.29, 0.717) is 24.9 Å². The maximum absolute atomic E-state index is 13.0. The predicted molar refractivity (Wildman–Crippen MR) is 115 cm³/mol. The van der Waals surface area contributed by atoms with Crippen LogP contribution in [-0.2, 0) is 36.6 Å². The van der Waals surface area contributed by atoms with Crippen LogP contribution in [0.1, 0.15) is 18.4 Å². The van der Waals surface area contributed by atoms with Gasteiger partial charge in [-0.1, -0.05) is 12.1 Å². The Hall–Kier alpha value is -3.76. The highest BCUT2D eigenvalue weighted by molar-refractivity contribution is 5.79. The molecule has 2 aromatic heterocycles. The molecule has 0 saturated heterocycles. The summed E-state index contributed by atoms with van der Waals surface area (Å²) in [7, 11) is 2.94. The number of nitrogens with zero attached hydrogens (tertiary/aromatic N) is 4. The number of amides is 2. The Balaban J connectivity index is 1.56. The molecule has 1 aromatic carbocycles. The zero-order chi connectivity index (χ0) is 23.4. The maximum Gasteiger partial charge on any atom is 0.332 e. The zero-order valence-corrected chi connectivity index (χ0v) is 17.9. The second kappa shape index (κ2) is 9.58. The molecular formula is C21H25FN6O4. The fourth-order valence-corrected chi connectivity index (χ4v) is 3.48. The largest absolute Gasteiger partial charge is 0.369 e. The Labute approximate surface area is 182 Å². The number of imidazole rings is 1. The molecular weight excluding hydrogens is 419 g/mol. The molecule has 2 amide bonds. The van der Waals surface area contributed by atoms with Crippen LogP contribution in [-0.4, -0.2) is 37.0 Å². The number of aryl methyl sites for hydroxylation is 2. The lowest BCUT2D eigenvalue weighted by molar-refractivity contribution is -0.123. The van der Waals surface area contributed by atoms with Gasteiger partial charge in [-0.15, -0.1) is 0 Å². The first-order valence-corrected chi connectivity index (χ1v) is 10.1. The molecule has 32 heavy (non-hydrogen) atoms. The number of nitrogens with two attached hydrogens (primary N) is 1. The second-order valence-corrected chi connectivity index (χ2v) is 7.65. The summed E-state index contributed by atoms with van der Waals surface area (Å²) in [5.41, 5.74) is 5.85. The standard InChI is InChI=1S/C21H25FN6O4/c1-26-19-17(20(31)27(2)21(26)32)28(12-25-19)9-3-4-16(29)24-11-14(18(23)30)10-13-5-7-15(22)8-6-13/h5-8,12,14H,3-4,9-11H2,1-2H3,(H2,23,30)(H,24,29). The number of carbonyl (C=O) groups is 2. The summed E-state index contributed by atoms with van der Waals surface area (Å²) in [4.78, 5) is 52.5. The van der Waals surface area contributed by atoms with E-state index in [-0.39, 0.29) is 30.3 Å². The van der Waals surface area contributed by atoms with Crippen molar-refractivity contribution in [3.8, 4) is 0 Å². The third kappa shape index (κ3) is 4.93. The highest BCUT2D eigenvalue weighted by Crippen LogP contribution is 2.10. The molecule has 2 heterocycles. The number of hydrogen-bond donors (Lipinski definition) is 2. The van der Waals surface area contributed by atoms with Gasteiger partial charge in [0.2, 0.25) is 11.8 Å². The Morgan fingerprint density at radius 3 is 2.50 bits per heavy atom. The monoisotopic (exact) mass is 444 g/mol. The van der Waals surface area contributed by atoms with Crippen LogP contribution < -0.4 is 22.3 Å². The van der Waals surface area contributed by atoms with Gasteiger partial charge in [0.1, 0.15) is 5.82 Å². The summed E-state index contributed by atoms with van der Waals surface area (Å²) in [6.07, 6.45) is 2.34. The van der Waals surface area contributed by atoms with Gasteiger partial charge in [-0.05, 0) is 30.5 Å². The third-order valence-electron chi connectivity index (χ3n) is 5.36. The number of benzene rings is 1. The average Bonchev–Trinajstić information content (AvgIpc) is 3.19. The van der Waals surface area contributed by atoms with E-state index in [4.69, 9.17) is 5.73 Å². The van der Waals surface area contributed by atoms with E-state index in [2.05, 4.69) is 10.3 Å². The van der Waals surface area contributed by atoms with Crippen LogP contribution in [0.25, 0.3) is 11.2 Å². The van der Waals surface area contributed by atoms with Crippen molar-refractivity contribution in [2.75, 3.05) is 6.54 Å². The minimum Gasteiger partial charge on any atom is -0.369 e. The first kappa shape index (κ1) is 22.9. The van der Waals surface area contributed by atoms with Crippen molar-refractivity contribution in [3.05, 3.63) is 62.8 Å². The van der Waals surface area contributed by atoms with Crippen molar-refractivity contribution in [2.24, 2.45) is 25.7 Å². The first-order chi connectivity index (χ1) is 15.2. The van der Waals surface area contributed by atoms with E-state index >= 15 is 0 Å². The lowest BCUT2D eigenvalue weighted by atomic mass is 9.98. The van der Waals surface area contributed by atoms with Crippen molar-refractivity contribution in [1.29, 1.82) is 0 Å². The van der Waals surface area contributed by atoms with E-state index in [1.807, 2.05) is 0 Å². The smallest absolute Gasteiger partial charge is 0.332 e. The Morgan fingerprint density at radius 2 is 1.84 bits per heavy atom. The molecule has 3 rings (SSSR count). The van der Waals surface area contributed by atoms with Gasteiger partial charge in [-0.2, -0.15) is 0 Å². The highest BCUT2D eigenvalue weighted by Gasteiger charge is 2.18. The summed E-state index contributed by atoms with van der Waals surface area (Å²) >= 11 is 0. The fourth-order valence-electron chi connectivity index (χ4n) is 3.48. The van der Waals surface area contributed by atoms with Crippen LogP contribution >= 0.6 is 0 Å². The first-order valence-electron chi connectivity index (χ1n) is 10.1. The molecule has 10 nitrogen and oxygen atoms in total. The van der Waals surface area contributed by atoms with Crippen molar-refractivity contribution in [1.82, 2.24) is 24.0 Å². The van der Waals surface area contributed by atoms with Crippen LogP contribution in [0.2, 0.25) is 0 Å². The minimum absolute atomic E-state index is 0.0716. The average molecular weight is 444 g/mol. The molecule has 11 heteroatoms. The summed E-state index contributed by atoms with van der Waals surface area (Å²) in [5.74, 6) is -1.81. The molecule has 0 saturated carbocycles. The van der Waals surface area contributed by atoms with E-state index in [1.54, 1.807) is 16.7 Å². The SMILES string of the molecule is Cn1c(=O)c2c(ncn2CCCC(=O)NCC(Cc2ccc(F)cc2)C(N)=O)n(C)c1=O. The highest BCUT2D eigenvalue weighted by atomic mass is 19.1. The predicted octanol–water partition coefficient (Wildman–Crippen LogP) is -0.187. The molecule has 0 aliphatic heterocycles. The molecule has 0 aliphatic rings. The molecule has 1 atom stereocenters. The quantitative estimate of drug-likeness (QED) is 0.472. The second-order valence-electron chi connectivity index (χ2n) is 7.65. The van der Waals surface area contributed by atoms with Crippen LogP contribution in [0.5, 0.6) is 0 Å². The molecule has 0 radical (unpaired) electrons. The summed E-state index contributed by atoms with van der Waals surface area (Å²) in [6, 6.07) is 5.75. The Kier molecular flexibility index (Phi) is 6.86. The van der Waals surface area contributed by atoms with Crippen molar-refractivity contribution < 1.29 is 14.0 Å². The number of hydrogen-bond acceptors (Lipinski definition) is 5. The summed E-state index contributed by atoms with van der Waals surface area (Å²) in [6.45, 7) is 0.425. The number of halogens is 1. The lowest BCUT2D eigenvalue weighted by Gasteiger charge is -2.14. The van der Waals surface area contributed by atoms with Crippen LogP contribution in [0.3, 0.4) is 0 Å². The topological polar surface area (TPSA) is 134 Å². The number of aromatic nitrogens is 4. The van der Waals surface area contributed by atoms with E-state index < -0.39 is 23.1 Å². The van der Waals surface area contributed by atoms with Crippen molar-refractivity contribution in [2.45, 2.75) is 25.8 Å². The number of rotatable bonds is 9. The molecule has 170 valence electrons. The van der Waals surface area contributed by atoms with Gasteiger partial charge in [0.05, 0.1) is 12.2 Å². The molecule has 3 aromatic rings. The lowest BCUT2D eigenvalue weighted by Crippen LogP contribution is -2.37. The summed E-state index contributed by atoms with van der Waals surface area (Å²) < 4.78 is 17.0. The molecule has 0 fully saturated rings. The van der Waals surface area contributed by atoms with Gasteiger partial charge in [-0.3, -0.25) is 23.5 Å². The Morgan fingerprint density at radius 1 is 1.16 bits per heavy atom. The number of nitrogens with one attached hydrogen (secondary N) is 1. The van der Waals surface area contributed by atoms with Gasteiger partial charge in [0, 0.05) is 33.6 Å². The minimum atomic E-state index is -0.619. The van der Waals surface area contributed by atoms with Crippen LogP contribution in [0.15, 0.2) is 40.2 Å². The van der Waals surface area contributed by atoms with Crippen LogP contribution in [0.4, 0.5) is 4.39 Å².